The third-order valence-electron chi connectivity index (χ3n) is 1.77. The molecule has 0 aromatic rings. The van der Waals surface area contributed by atoms with Gasteiger partial charge in [0.1, 0.15) is 6.29 Å². The highest BCUT2D eigenvalue weighted by molar-refractivity contribution is 5.62. The first-order valence-corrected chi connectivity index (χ1v) is 3.22. The first-order chi connectivity index (χ1) is 5.62. The summed E-state index contributed by atoms with van der Waals surface area (Å²) < 4.78 is 71.5. The van der Waals surface area contributed by atoms with Crippen LogP contribution in [0.4, 0.5) is 26.3 Å². The number of alkyl halides is 6. The molecule has 7 heteroatoms. The lowest BCUT2D eigenvalue weighted by atomic mass is 9.85. The molecule has 0 unspecified atom stereocenters. The van der Waals surface area contributed by atoms with Crippen molar-refractivity contribution in [2.75, 3.05) is 0 Å². The number of hydrogen-bond acceptors (Lipinski definition) is 1. The second kappa shape index (κ2) is 3.19. The maximum atomic E-state index is 11.9. The minimum atomic E-state index is -5.60. The SMILES string of the molecule is CCC(C=O)(C(F)(F)F)C(F)(F)F. The average molecular weight is 208 g/mol. The normalized spacial score (nSPS) is 14.4. The fourth-order valence-electron chi connectivity index (χ4n) is 0.779. The minimum Gasteiger partial charge on any atom is -0.302 e. The van der Waals surface area contributed by atoms with Gasteiger partial charge in [0.2, 0.25) is 5.41 Å². The number of carbonyl (C=O) groups excluding carboxylic acids is 1. The third-order valence-corrected chi connectivity index (χ3v) is 1.77. The van der Waals surface area contributed by atoms with Crippen LogP contribution in [-0.2, 0) is 4.79 Å². The maximum Gasteiger partial charge on any atom is 0.409 e. The molecule has 13 heavy (non-hydrogen) atoms. The molecule has 0 aromatic heterocycles. The van der Waals surface area contributed by atoms with Gasteiger partial charge in [-0.1, -0.05) is 6.92 Å². The van der Waals surface area contributed by atoms with E-state index >= 15 is 0 Å². The van der Waals surface area contributed by atoms with Crippen LogP contribution in [0.5, 0.6) is 0 Å². The van der Waals surface area contributed by atoms with E-state index in [2.05, 4.69) is 0 Å². The molecule has 0 heterocycles. The Morgan fingerprint density at radius 1 is 1.00 bits per heavy atom. The Balaban J connectivity index is 5.30. The van der Waals surface area contributed by atoms with Crippen LogP contribution in [0.1, 0.15) is 13.3 Å². The summed E-state index contributed by atoms with van der Waals surface area (Å²) in [5.74, 6) is 0. The van der Waals surface area contributed by atoms with E-state index in [0.717, 1.165) is 0 Å². The molecule has 0 atom stereocenters. The van der Waals surface area contributed by atoms with Gasteiger partial charge in [0.25, 0.3) is 0 Å². The van der Waals surface area contributed by atoms with Gasteiger partial charge >= 0.3 is 12.4 Å². The summed E-state index contributed by atoms with van der Waals surface area (Å²) in [6.07, 6.45) is -13.6. The Kier molecular flexibility index (Phi) is 3.01. The molecular weight excluding hydrogens is 202 g/mol. The highest BCUT2D eigenvalue weighted by atomic mass is 19.4. The molecule has 0 fully saturated rings. The average Bonchev–Trinajstić information content (AvgIpc) is 1.84. The first-order valence-electron chi connectivity index (χ1n) is 3.22. The van der Waals surface area contributed by atoms with Gasteiger partial charge < -0.3 is 4.79 Å². The van der Waals surface area contributed by atoms with Gasteiger partial charge in [-0.15, -0.1) is 0 Å². The summed E-state index contributed by atoms with van der Waals surface area (Å²) in [5, 5.41) is 0. The summed E-state index contributed by atoms with van der Waals surface area (Å²) in [6.45, 7) is 0.662. The number of aldehydes is 1. The van der Waals surface area contributed by atoms with Crippen LogP contribution in [-0.4, -0.2) is 18.6 Å². The standard InChI is InChI=1S/C6H6F6O/c1-2-4(3-13,5(7,8)9)6(10,11)12/h3H,2H2,1H3. The van der Waals surface area contributed by atoms with Crippen molar-refractivity contribution in [3.63, 3.8) is 0 Å². The summed E-state index contributed by atoms with van der Waals surface area (Å²) in [7, 11) is 0. The Morgan fingerprint density at radius 2 is 1.31 bits per heavy atom. The molecular formula is C6H6F6O. The van der Waals surface area contributed by atoms with Gasteiger partial charge in [-0.3, -0.25) is 0 Å². The lowest BCUT2D eigenvalue weighted by molar-refractivity contribution is -0.320. The molecule has 0 saturated heterocycles. The van der Waals surface area contributed by atoms with Crippen molar-refractivity contribution in [1.82, 2.24) is 0 Å². The predicted molar refractivity (Wildman–Crippen MR) is 30.9 cm³/mol. The van der Waals surface area contributed by atoms with Crippen molar-refractivity contribution in [1.29, 1.82) is 0 Å². The Labute approximate surface area is 69.7 Å². The van der Waals surface area contributed by atoms with Gasteiger partial charge in [-0.2, -0.15) is 26.3 Å². The Morgan fingerprint density at radius 3 is 1.31 bits per heavy atom. The van der Waals surface area contributed by atoms with Gasteiger partial charge in [0.05, 0.1) is 0 Å². The van der Waals surface area contributed by atoms with Crippen LogP contribution in [0.25, 0.3) is 0 Å². The smallest absolute Gasteiger partial charge is 0.302 e. The fraction of sp³-hybridized carbons (Fsp3) is 0.833. The molecule has 0 N–H and O–H groups in total. The number of carbonyl (C=O) groups is 1. The zero-order valence-electron chi connectivity index (χ0n) is 6.46. The topological polar surface area (TPSA) is 17.1 Å². The Bertz CT molecular complexity index is 176. The first kappa shape index (κ1) is 12.2. The van der Waals surface area contributed by atoms with Crippen molar-refractivity contribution in [3.05, 3.63) is 0 Å². The summed E-state index contributed by atoms with van der Waals surface area (Å²) in [6, 6.07) is 0. The molecule has 1 nitrogen and oxygen atoms in total. The number of hydrogen-bond donors (Lipinski definition) is 0. The molecule has 0 saturated carbocycles. The van der Waals surface area contributed by atoms with Crippen molar-refractivity contribution in [2.45, 2.75) is 25.7 Å². The van der Waals surface area contributed by atoms with E-state index in [-0.39, 0.29) is 0 Å². The maximum absolute atomic E-state index is 11.9. The van der Waals surface area contributed by atoms with Crippen LogP contribution < -0.4 is 0 Å². The molecule has 0 aromatic carbocycles. The van der Waals surface area contributed by atoms with Crippen molar-refractivity contribution in [2.24, 2.45) is 5.41 Å². The summed E-state index contributed by atoms with van der Waals surface area (Å²) >= 11 is 0. The monoisotopic (exact) mass is 208 g/mol. The minimum absolute atomic E-state index is 0.662. The zero-order chi connectivity index (χ0) is 10.9. The van der Waals surface area contributed by atoms with E-state index in [1.54, 1.807) is 0 Å². The summed E-state index contributed by atoms with van der Waals surface area (Å²) in [5.41, 5.74) is -4.22. The van der Waals surface area contributed by atoms with Crippen LogP contribution in [0.3, 0.4) is 0 Å². The molecule has 78 valence electrons. The van der Waals surface area contributed by atoms with E-state index in [0.29, 0.717) is 6.92 Å². The molecule has 0 bridgehead atoms. The lowest BCUT2D eigenvalue weighted by Gasteiger charge is -2.31. The molecule has 0 aliphatic rings. The second-order valence-corrected chi connectivity index (χ2v) is 2.44. The molecule has 0 aliphatic heterocycles. The molecule has 0 spiro atoms. The van der Waals surface area contributed by atoms with Crippen LogP contribution in [0.2, 0.25) is 0 Å². The predicted octanol–water partition coefficient (Wildman–Crippen LogP) is 2.71. The fourth-order valence-corrected chi connectivity index (χ4v) is 0.779. The van der Waals surface area contributed by atoms with Crippen LogP contribution in [0, 0.1) is 5.41 Å². The highest BCUT2D eigenvalue weighted by Gasteiger charge is 2.69. The van der Waals surface area contributed by atoms with Crippen molar-refractivity contribution < 1.29 is 31.1 Å². The van der Waals surface area contributed by atoms with Gasteiger partial charge in [0.15, 0.2) is 0 Å². The number of halogens is 6. The van der Waals surface area contributed by atoms with Gasteiger partial charge in [0, 0.05) is 0 Å². The van der Waals surface area contributed by atoms with E-state index in [4.69, 9.17) is 0 Å². The zero-order valence-corrected chi connectivity index (χ0v) is 6.46. The van der Waals surface area contributed by atoms with Gasteiger partial charge in [-0.05, 0) is 6.42 Å². The van der Waals surface area contributed by atoms with Gasteiger partial charge in [-0.25, -0.2) is 0 Å². The Hall–Kier alpha value is -0.750. The quantitative estimate of drug-likeness (QED) is 0.503. The number of rotatable bonds is 2. The molecule has 0 amide bonds. The largest absolute Gasteiger partial charge is 0.409 e. The van der Waals surface area contributed by atoms with Crippen molar-refractivity contribution >= 4 is 6.29 Å². The van der Waals surface area contributed by atoms with E-state index in [1.807, 2.05) is 0 Å². The highest BCUT2D eigenvalue weighted by Crippen LogP contribution is 2.50. The van der Waals surface area contributed by atoms with Crippen LogP contribution >= 0.6 is 0 Å². The summed E-state index contributed by atoms with van der Waals surface area (Å²) in [4.78, 5) is 9.91. The molecule has 0 aliphatic carbocycles. The third kappa shape index (κ3) is 1.78. The van der Waals surface area contributed by atoms with Crippen LogP contribution in [0.15, 0.2) is 0 Å². The molecule has 0 radical (unpaired) electrons. The molecule has 0 rings (SSSR count). The van der Waals surface area contributed by atoms with E-state index in [9.17, 15) is 31.1 Å². The van der Waals surface area contributed by atoms with E-state index in [1.165, 1.54) is 0 Å². The second-order valence-electron chi connectivity index (χ2n) is 2.44. The lowest BCUT2D eigenvalue weighted by Crippen LogP contribution is -2.50. The van der Waals surface area contributed by atoms with Crippen molar-refractivity contribution in [3.8, 4) is 0 Å². The van der Waals surface area contributed by atoms with E-state index < -0.39 is 30.5 Å².